The fourth-order valence-electron chi connectivity index (χ4n) is 3.62. The first kappa shape index (κ1) is 17.2. The number of aromatic hydroxyl groups is 1. The molecule has 1 aromatic heterocycles. The van der Waals surface area contributed by atoms with Crippen molar-refractivity contribution in [2.75, 3.05) is 13.6 Å². The maximum Gasteiger partial charge on any atom is 0.333 e. The van der Waals surface area contributed by atoms with Crippen molar-refractivity contribution < 1.29 is 5.11 Å². The summed E-state index contributed by atoms with van der Waals surface area (Å²) in [6.07, 6.45) is 1.28. The number of nitrogens with zero attached hydrogens (tertiary/aromatic N) is 2. The average Bonchev–Trinajstić information content (AvgIpc) is 2.94. The highest BCUT2D eigenvalue weighted by Crippen LogP contribution is 2.38. The summed E-state index contributed by atoms with van der Waals surface area (Å²) < 4.78 is 1.24. The van der Waals surface area contributed by atoms with Gasteiger partial charge in [0.1, 0.15) is 0 Å². The Balaban J connectivity index is 1.85. The van der Waals surface area contributed by atoms with E-state index < -0.39 is 0 Å². The van der Waals surface area contributed by atoms with Crippen LogP contribution in [0.5, 0.6) is 5.88 Å². The van der Waals surface area contributed by atoms with Crippen LogP contribution in [0.1, 0.15) is 22.6 Å². The molecule has 2 heterocycles. The molecule has 3 aromatic rings. The van der Waals surface area contributed by atoms with Crippen LogP contribution in [0, 0.1) is 0 Å². The van der Waals surface area contributed by atoms with Gasteiger partial charge in [-0.1, -0.05) is 35.3 Å². The van der Waals surface area contributed by atoms with E-state index in [2.05, 4.69) is 9.88 Å². The summed E-state index contributed by atoms with van der Waals surface area (Å²) in [5, 5.41) is 11.2. The van der Waals surface area contributed by atoms with Crippen LogP contribution in [0.25, 0.3) is 5.69 Å². The highest BCUT2D eigenvalue weighted by Gasteiger charge is 2.27. The molecule has 1 aliphatic heterocycles. The van der Waals surface area contributed by atoms with Gasteiger partial charge in [0.05, 0.1) is 11.9 Å². The zero-order chi connectivity index (χ0) is 18.4. The molecule has 0 amide bonds. The number of hydrogen-bond donors (Lipinski definition) is 2. The third-order valence-corrected chi connectivity index (χ3v) is 5.34. The standard InChI is InChI=1S/C19H17Cl2N3O2/c1-23-9-15(14-6-12(20)7-17(21)16(14)10-23)11-3-2-4-13(5-11)24-18(25)8-22-19(24)26/h2-8,15,25H,9-10H2,1H3,(H,22,26). The Labute approximate surface area is 160 Å². The summed E-state index contributed by atoms with van der Waals surface area (Å²) >= 11 is 12.7. The second-order valence-corrected chi connectivity index (χ2v) is 7.43. The summed E-state index contributed by atoms with van der Waals surface area (Å²) in [6, 6.07) is 11.3. The third kappa shape index (κ3) is 2.92. The van der Waals surface area contributed by atoms with Gasteiger partial charge in [-0.25, -0.2) is 9.36 Å². The number of H-pyrrole nitrogens is 1. The molecule has 134 valence electrons. The molecular weight excluding hydrogens is 373 g/mol. The van der Waals surface area contributed by atoms with E-state index in [0.29, 0.717) is 15.7 Å². The minimum Gasteiger partial charge on any atom is -0.493 e. The third-order valence-electron chi connectivity index (χ3n) is 4.78. The molecule has 0 radical (unpaired) electrons. The lowest BCUT2D eigenvalue weighted by molar-refractivity contribution is 0.295. The summed E-state index contributed by atoms with van der Waals surface area (Å²) in [5.41, 5.74) is 3.42. The van der Waals surface area contributed by atoms with Crippen molar-refractivity contribution in [2.24, 2.45) is 0 Å². The van der Waals surface area contributed by atoms with Crippen LogP contribution >= 0.6 is 23.2 Å². The molecule has 0 saturated heterocycles. The number of halogens is 2. The van der Waals surface area contributed by atoms with Crippen LogP contribution in [0.2, 0.25) is 10.0 Å². The van der Waals surface area contributed by atoms with E-state index in [1.807, 2.05) is 31.3 Å². The molecule has 0 fully saturated rings. The summed E-state index contributed by atoms with van der Waals surface area (Å²) in [4.78, 5) is 16.7. The number of aromatic nitrogens is 2. The maximum atomic E-state index is 12.0. The van der Waals surface area contributed by atoms with Crippen LogP contribution in [-0.2, 0) is 6.54 Å². The lowest BCUT2D eigenvalue weighted by Gasteiger charge is -2.33. The van der Waals surface area contributed by atoms with Gasteiger partial charge in [-0.05, 0) is 48.0 Å². The monoisotopic (exact) mass is 389 g/mol. The Morgan fingerprint density at radius 3 is 2.77 bits per heavy atom. The van der Waals surface area contributed by atoms with Gasteiger partial charge in [-0.3, -0.25) is 0 Å². The van der Waals surface area contributed by atoms with Gasteiger partial charge in [0.25, 0.3) is 0 Å². The van der Waals surface area contributed by atoms with E-state index in [0.717, 1.165) is 29.8 Å². The molecule has 5 nitrogen and oxygen atoms in total. The van der Waals surface area contributed by atoms with Gasteiger partial charge < -0.3 is 15.0 Å². The molecule has 0 spiro atoms. The van der Waals surface area contributed by atoms with Crippen molar-refractivity contribution in [1.29, 1.82) is 0 Å². The first-order valence-corrected chi connectivity index (χ1v) is 8.95. The molecule has 4 rings (SSSR count). The van der Waals surface area contributed by atoms with Crippen molar-refractivity contribution in [2.45, 2.75) is 12.5 Å². The second kappa shape index (κ2) is 6.50. The number of rotatable bonds is 2. The van der Waals surface area contributed by atoms with Crippen LogP contribution < -0.4 is 5.69 Å². The zero-order valence-electron chi connectivity index (χ0n) is 14.0. The van der Waals surface area contributed by atoms with Gasteiger partial charge in [-0.15, -0.1) is 0 Å². The summed E-state index contributed by atoms with van der Waals surface area (Å²) in [5.74, 6) is -0.0592. The Hall–Kier alpha value is -2.21. The molecule has 7 heteroatoms. The number of benzene rings is 2. The molecule has 0 bridgehead atoms. The van der Waals surface area contributed by atoms with E-state index in [1.54, 1.807) is 12.1 Å². The van der Waals surface area contributed by atoms with Crippen molar-refractivity contribution in [3.63, 3.8) is 0 Å². The lowest BCUT2D eigenvalue weighted by atomic mass is 9.84. The predicted octanol–water partition coefficient (Wildman–Crippen LogP) is 3.76. The minimum atomic E-state index is -0.382. The highest BCUT2D eigenvalue weighted by molar-refractivity contribution is 6.35. The second-order valence-electron chi connectivity index (χ2n) is 6.59. The van der Waals surface area contributed by atoms with Crippen molar-refractivity contribution >= 4 is 23.2 Å². The molecule has 26 heavy (non-hydrogen) atoms. The van der Waals surface area contributed by atoms with Crippen LogP contribution in [0.15, 0.2) is 47.4 Å². The van der Waals surface area contributed by atoms with Gasteiger partial charge in [0, 0.05) is 29.1 Å². The van der Waals surface area contributed by atoms with Crippen molar-refractivity contribution in [1.82, 2.24) is 14.5 Å². The predicted molar refractivity (Wildman–Crippen MR) is 103 cm³/mol. The first-order chi connectivity index (χ1) is 12.4. The van der Waals surface area contributed by atoms with Gasteiger partial charge in [0.2, 0.25) is 5.88 Å². The summed E-state index contributed by atoms with van der Waals surface area (Å²) in [7, 11) is 2.05. The van der Waals surface area contributed by atoms with E-state index in [9.17, 15) is 9.90 Å². The van der Waals surface area contributed by atoms with Gasteiger partial charge in [-0.2, -0.15) is 0 Å². The molecular formula is C19H17Cl2N3O2. The molecule has 1 atom stereocenters. The molecule has 2 aromatic carbocycles. The SMILES string of the molecule is CN1Cc2c(Cl)cc(Cl)cc2C(c2cccc(-n3c(O)c[nH]c3=O)c2)C1. The molecule has 0 aliphatic carbocycles. The number of fused-ring (bicyclic) bond motifs is 1. The number of nitrogens with one attached hydrogen (secondary N) is 1. The Kier molecular flexibility index (Phi) is 4.31. The number of likely N-dealkylation sites (N-methyl/N-ethyl adjacent to an activating group) is 1. The average molecular weight is 390 g/mol. The maximum absolute atomic E-state index is 12.0. The Bertz CT molecular complexity index is 1040. The number of aromatic amines is 1. The van der Waals surface area contributed by atoms with E-state index in [1.165, 1.54) is 10.8 Å². The fourth-order valence-corrected chi connectivity index (χ4v) is 4.19. The minimum absolute atomic E-state index is 0.0664. The molecule has 0 saturated carbocycles. The molecule has 1 unspecified atom stereocenters. The largest absolute Gasteiger partial charge is 0.493 e. The van der Waals surface area contributed by atoms with E-state index >= 15 is 0 Å². The number of hydrogen-bond acceptors (Lipinski definition) is 3. The Morgan fingerprint density at radius 1 is 1.23 bits per heavy atom. The Morgan fingerprint density at radius 2 is 2.04 bits per heavy atom. The van der Waals surface area contributed by atoms with Crippen LogP contribution in [-0.4, -0.2) is 33.1 Å². The van der Waals surface area contributed by atoms with Crippen LogP contribution in [0.4, 0.5) is 0 Å². The van der Waals surface area contributed by atoms with E-state index in [-0.39, 0.29) is 17.5 Å². The quantitative estimate of drug-likeness (QED) is 0.701. The highest BCUT2D eigenvalue weighted by atomic mass is 35.5. The van der Waals surface area contributed by atoms with Crippen molar-refractivity contribution in [3.8, 4) is 11.6 Å². The molecule has 2 N–H and O–H groups in total. The normalized spacial score (nSPS) is 17.3. The zero-order valence-corrected chi connectivity index (χ0v) is 15.6. The fraction of sp³-hybridized carbons (Fsp3) is 0.211. The van der Waals surface area contributed by atoms with Gasteiger partial charge in [0.15, 0.2) is 0 Å². The molecule has 1 aliphatic rings. The lowest BCUT2D eigenvalue weighted by Crippen LogP contribution is -2.31. The number of imidazole rings is 1. The topological polar surface area (TPSA) is 61.3 Å². The van der Waals surface area contributed by atoms with Crippen LogP contribution in [0.3, 0.4) is 0 Å². The van der Waals surface area contributed by atoms with Gasteiger partial charge >= 0.3 is 5.69 Å². The van der Waals surface area contributed by atoms with Crippen molar-refractivity contribution in [3.05, 3.63) is 79.8 Å². The smallest absolute Gasteiger partial charge is 0.333 e. The first-order valence-electron chi connectivity index (χ1n) is 8.20. The van der Waals surface area contributed by atoms with E-state index in [4.69, 9.17) is 23.2 Å². The summed E-state index contributed by atoms with van der Waals surface area (Å²) in [6.45, 7) is 1.57.